The van der Waals surface area contributed by atoms with Crippen LogP contribution in [0.5, 0.6) is 0 Å². The van der Waals surface area contributed by atoms with Gasteiger partial charge in [0.1, 0.15) is 6.61 Å². The summed E-state index contributed by atoms with van der Waals surface area (Å²) in [5.41, 5.74) is -1.87. The summed E-state index contributed by atoms with van der Waals surface area (Å²) in [5.74, 6) is -0.0692. The lowest BCUT2D eigenvalue weighted by molar-refractivity contribution is -0.237. The Hall–Kier alpha value is -1.32. The summed E-state index contributed by atoms with van der Waals surface area (Å²) in [6.45, 7) is 2.85. The third-order valence-corrected chi connectivity index (χ3v) is 10.7. The predicted octanol–water partition coefficient (Wildman–Crippen LogP) is 2.39. The second-order valence-electron chi connectivity index (χ2n) is 11.9. The summed E-state index contributed by atoms with van der Waals surface area (Å²) in [6, 6.07) is 0. The molecule has 4 saturated carbocycles. The standard InChI is InChI=1S/C27H41NO7/c1-24-8-5-20-21(27(24,32)11-7-19(24)17-12-22(30)35-15-17)6-10-26(31)13-18(29)4-9-25(20,26)16-28-14-23(33-2)34-3/h12,16,18-21,23,29,31-32H,4-11,13-15H2,1-3H3/t18?,19?,20-,21?,24+,25?,26?,27?/m0/s1. The van der Waals surface area contributed by atoms with Crippen LogP contribution >= 0.6 is 0 Å². The van der Waals surface area contributed by atoms with Crippen molar-refractivity contribution in [1.82, 2.24) is 0 Å². The number of aliphatic imine (C=N–C) groups is 1. The molecule has 1 heterocycles. The molecule has 0 bridgehead atoms. The number of carbonyl (C=O) groups excluding carboxylic acids is 1. The van der Waals surface area contributed by atoms with Gasteiger partial charge in [0.25, 0.3) is 0 Å². The first-order chi connectivity index (χ1) is 16.6. The third-order valence-electron chi connectivity index (χ3n) is 10.7. The smallest absolute Gasteiger partial charge is 0.331 e. The van der Waals surface area contributed by atoms with Gasteiger partial charge < -0.3 is 29.5 Å². The fourth-order valence-electron chi connectivity index (χ4n) is 8.91. The van der Waals surface area contributed by atoms with Crippen molar-refractivity contribution in [3.63, 3.8) is 0 Å². The van der Waals surface area contributed by atoms with Crippen molar-refractivity contribution in [3.05, 3.63) is 11.6 Å². The van der Waals surface area contributed by atoms with E-state index in [2.05, 4.69) is 6.92 Å². The number of carbonyl (C=O) groups is 1. The van der Waals surface area contributed by atoms with Crippen LogP contribution in [0, 0.1) is 28.6 Å². The molecule has 0 aromatic rings. The number of esters is 1. The Morgan fingerprint density at radius 3 is 2.54 bits per heavy atom. The van der Waals surface area contributed by atoms with E-state index in [9.17, 15) is 20.1 Å². The van der Waals surface area contributed by atoms with Crippen LogP contribution in [-0.2, 0) is 19.0 Å². The molecule has 8 heteroatoms. The number of fused-ring (bicyclic) bond motifs is 5. The quantitative estimate of drug-likeness (QED) is 0.297. The molecule has 5 rings (SSSR count). The Morgan fingerprint density at radius 2 is 1.86 bits per heavy atom. The number of nitrogens with zero attached hydrogens (tertiary/aromatic N) is 1. The highest BCUT2D eigenvalue weighted by Gasteiger charge is 2.71. The lowest BCUT2D eigenvalue weighted by Crippen LogP contribution is -2.68. The van der Waals surface area contributed by atoms with Crippen LogP contribution in [0.15, 0.2) is 16.6 Å². The van der Waals surface area contributed by atoms with Crippen LogP contribution in [0.25, 0.3) is 0 Å². The summed E-state index contributed by atoms with van der Waals surface area (Å²) in [4.78, 5) is 16.5. The van der Waals surface area contributed by atoms with E-state index in [1.807, 2.05) is 6.21 Å². The van der Waals surface area contributed by atoms with Gasteiger partial charge in [0, 0.05) is 43.8 Å². The molecule has 0 aromatic carbocycles. The molecule has 8 atom stereocenters. The third kappa shape index (κ3) is 3.66. The summed E-state index contributed by atoms with van der Waals surface area (Å²) in [6.07, 6.45) is 8.63. The van der Waals surface area contributed by atoms with Crippen molar-refractivity contribution >= 4 is 12.2 Å². The average Bonchev–Trinajstić information content (AvgIpc) is 3.36. The van der Waals surface area contributed by atoms with E-state index in [0.717, 1.165) is 31.3 Å². The molecule has 0 saturated heterocycles. The molecule has 196 valence electrons. The number of hydrogen-bond donors (Lipinski definition) is 3. The molecular weight excluding hydrogens is 450 g/mol. The number of aliphatic hydroxyl groups is 3. The largest absolute Gasteiger partial charge is 0.458 e. The molecule has 1 aliphatic heterocycles. The summed E-state index contributed by atoms with van der Waals surface area (Å²) < 4.78 is 15.8. The number of hydrogen-bond acceptors (Lipinski definition) is 8. The van der Waals surface area contributed by atoms with Gasteiger partial charge in [-0.3, -0.25) is 4.99 Å². The fraction of sp³-hybridized carbons (Fsp3) is 0.852. The normalized spacial score (nSPS) is 47.4. The van der Waals surface area contributed by atoms with Gasteiger partial charge >= 0.3 is 5.97 Å². The number of methoxy groups -OCH3 is 2. The molecule has 0 amide bonds. The van der Waals surface area contributed by atoms with Crippen molar-refractivity contribution in [1.29, 1.82) is 0 Å². The minimum atomic E-state index is -1.05. The first-order valence-electron chi connectivity index (χ1n) is 13.2. The summed E-state index contributed by atoms with van der Waals surface area (Å²) >= 11 is 0. The van der Waals surface area contributed by atoms with Gasteiger partial charge in [-0.2, -0.15) is 0 Å². The summed E-state index contributed by atoms with van der Waals surface area (Å²) in [5, 5.41) is 34.9. The topological polar surface area (TPSA) is 118 Å². The molecule has 5 aliphatic rings. The van der Waals surface area contributed by atoms with Crippen molar-refractivity contribution < 1.29 is 34.3 Å². The van der Waals surface area contributed by atoms with Crippen molar-refractivity contribution in [3.8, 4) is 0 Å². The Kier molecular flexibility index (Phi) is 6.45. The molecule has 0 radical (unpaired) electrons. The fourth-order valence-corrected chi connectivity index (χ4v) is 8.91. The molecule has 8 nitrogen and oxygen atoms in total. The molecule has 4 fully saturated rings. The monoisotopic (exact) mass is 491 g/mol. The van der Waals surface area contributed by atoms with Crippen LogP contribution in [0.1, 0.15) is 64.7 Å². The minimum absolute atomic E-state index is 0.0208. The van der Waals surface area contributed by atoms with Crippen LogP contribution < -0.4 is 0 Å². The van der Waals surface area contributed by atoms with Gasteiger partial charge in [0.05, 0.1) is 23.9 Å². The Balaban J connectivity index is 1.49. The first-order valence-corrected chi connectivity index (χ1v) is 13.2. The van der Waals surface area contributed by atoms with Crippen LogP contribution in [0.2, 0.25) is 0 Å². The molecule has 3 N–H and O–H groups in total. The van der Waals surface area contributed by atoms with Gasteiger partial charge in [-0.05, 0) is 74.7 Å². The lowest BCUT2D eigenvalue weighted by Gasteiger charge is -2.65. The van der Waals surface area contributed by atoms with Crippen molar-refractivity contribution in [2.45, 2.75) is 88.3 Å². The van der Waals surface area contributed by atoms with Crippen LogP contribution in [0.4, 0.5) is 0 Å². The van der Waals surface area contributed by atoms with Gasteiger partial charge in [0.2, 0.25) is 0 Å². The van der Waals surface area contributed by atoms with E-state index in [0.29, 0.717) is 45.3 Å². The molecule has 4 aliphatic carbocycles. The molecule has 35 heavy (non-hydrogen) atoms. The average molecular weight is 492 g/mol. The first kappa shape index (κ1) is 25.3. The van der Waals surface area contributed by atoms with E-state index in [4.69, 9.17) is 19.2 Å². The zero-order valence-electron chi connectivity index (χ0n) is 21.2. The highest BCUT2D eigenvalue weighted by Crippen LogP contribution is 2.70. The highest BCUT2D eigenvalue weighted by atomic mass is 16.7. The van der Waals surface area contributed by atoms with Gasteiger partial charge in [-0.15, -0.1) is 0 Å². The molecule has 0 spiro atoms. The Labute approximate surface area is 207 Å². The maximum Gasteiger partial charge on any atom is 0.331 e. The number of rotatable bonds is 6. The maximum atomic E-state index is 12.4. The Bertz CT molecular complexity index is 902. The number of aliphatic hydroxyl groups excluding tert-OH is 1. The van der Waals surface area contributed by atoms with E-state index < -0.39 is 29.0 Å². The van der Waals surface area contributed by atoms with Crippen molar-refractivity contribution in [2.75, 3.05) is 27.4 Å². The zero-order chi connectivity index (χ0) is 25.1. The van der Waals surface area contributed by atoms with E-state index in [1.54, 1.807) is 20.3 Å². The second-order valence-corrected chi connectivity index (χ2v) is 11.9. The number of ether oxygens (including phenoxy) is 3. The minimum Gasteiger partial charge on any atom is -0.458 e. The Morgan fingerprint density at radius 1 is 1.11 bits per heavy atom. The summed E-state index contributed by atoms with van der Waals surface area (Å²) in [7, 11) is 3.16. The van der Waals surface area contributed by atoms with Gasteiger partial charge in [-0.25, -0.2) is 4.79 Å². The number of cyclic esters (lactones) is 1. The predicted molar refractivity (Wildman–Crippen MR) is 129 cm³/mol. The van der Waals surface area contributed by atoms with Crippen LogP contribution in [0.3, 0.4) is 0 Å². The molecule has 6 unspecified atom stereocenters. The highest BCUT2D eigenvalue weighted by molar-refractivity contribution is 5.85. The lowest BCUT2D eigenvalue weighted by atomic mass is 9.41. The second kappa shape index (κ2) is 8.91. The van der Waals surface area contributed by atoms with Gasteiger partial charge in [0.15, 0.2) is 6.29 Å². The van der Waals surface area contributed by atoms with E-state index in [-0.39, 0.29) is 29.1 Å². The van der Waals surface area contributed by atoms with E-state index in [1.165, 1.54) is 0 Å². The van der Waals surface area contributed by atoms with Crippen molar-refractivity contribution in [2.24, 2.45) is 33.6 Å². The van der Waals surface area contributed by atoms with Crippen LogP contribution in [-0.4, -0.2) is 78.5 Å². The SMILES string of the molecule is COC(CN=CC12CCC(O)CC1(O)CCC1[C@@H]2CC[C@]2(C)C(C3=CC(=O)OC3)CCC12O)OC. The molecule has 0 aromatic heterocycles. The van der Waals surface area contributed by atoms with E-state index >= 15 is 0 Å². The zero-order valence-corrected chi connectivity index (χ0v) is 21.2. The molecular formula is C27H41NO7. The van der Waals surface area contributed by atoms with Gasteiger partial charge in [-0.1, -0.05) is 6.92 Å². The maximum absolute atomic E-state index is 12.4.